The van der Waals surface area contributed by atoms with Crippen molar-refractivity contribution in [2.45, 2.75) is 11.0 Å². The predicted octanol–water partition coefficient (Wildman–Crippen LogP) is 3.64. The highest BCUT2D eigenvalue weighted by Gasteiger charge is 2.33. The van der Waals surface area contributed by atoms with Gasteiger partial charge >= 0.3 is 0 Å². The minimum absolute atomic E-state index is 0.0598. The van der Waals surface area contributed by atoms with Gasteiger partial charge in [0.15, 0.2) is 11.5 Å². The van der Waals surface area contributed by atoms with Gasteiger partial charge in [0.05, 0.1) is 18.6 Å². The molecule has 0 unspecified atom stereocenters. The lowest BCUT2D eigenvalue weighted by Gasteiger charge is -2.39. The Morgan fingerprint density at radius 1 is 0.971 bits per heavy atom. The molecule has 0 atom stereocenters. The van der Waals surface area contributed by atoms with Gasteiger partial charge in [-0.05, 0) is 48.5 Å². The molecule has 4 aromatic rings. The zero-order chi connectivity index (χ0) is 23.7. The number of likely N-dealkylation sites (tertiary alicyclic amines) is 1. The van der Waals surface area contributed by atoms with E-state index in [9.17, 15) is 18.3 Å². The molecule has 1 aromatic heterocycles. The number of rotatable bonds is 6. The van der Waals surface area contributed by atoms with E-state index in [0.29, 0.717) is 35.6 Å². The summed E-state index contributed by atoms with van der Waals surface area (Å²) in [6, 6.07) is 21.5. The van der Waals surface area contributed by atoms with E-state index >= 15 is 0 Å². The largest absolute Gasteiger partial charge is 0.504 e. The number of nitrogens with zero attached hydrogens (tertiary/aromatic N) is 2. The first kappa shape index (κ1) is 21.7. The first-order valence-corrected chi connectivity index (χ1v) is 12.1. The summed E-state index contributed by atoms with van der Waals surface area (Å²) in [5, 5.41) is 10.5. The molecule has 0 saturated carbocycles. The molecule has 1 amide bonds. The SMILES string of the molecule is O=C(c1ccc(NS(=O)(=O)c2cccc3cccnc23)cc1)N1CC(Oc2ccccc2O)C1. The fraction of sp³-hybridized carbons (Fsp3) is 0.120. The van der Waals surface area contributed by atoms with Crippen LogP contribution in [-0.2, 0) is 10.0 Å². The summed E-state index contributed by atoms with van der Waals surface area (Å²) in [6.07, 6.45) is 1.35. The van der Waals surface area contributed by atoms with Crippen LogP contribution in [0.25, 0.3) is 10.9 Å². The molecule has 34 heavy (non-hydrogen) atoms. The van der Waals surface area contributed by atoms with Crippen molar-refractivity contribution in [2.24, 2.45) is 0 Å². The monoisotopic (exact) mass is 475 g/mol. The minimum atomic E-state index is -3.87. The van der Waals surface area contributed by atoms with Gasteiger partial charge in [-0.1, -0.05) is 30.3 Å². The highest BCUT2D eigenvalue weighted by atomic mass is 32.2. The molecule has 3 aromatic carbocycles. The van der Waals surface area contributed by atoms with Gasteiger partial charge in [0.1, 0.15) is 11.0 Å². The molecule has 0 aliphatic carbocycles. The summed E-state index contributed by atoms with van der Waals surface area (Å²) in [4.78, 5) is 18.7. The molecule has 1 aliphatic rings. The van der Waals surface area contributed by atoms with Crippen molar-refractivity contribution in [1.29, 1.82) is 0 Å². The number of fused-ring (bicyclic) bond motifs is 1. The van der Waals surface area contributed by atoms with Crippen molar-refractivity contribution in [2.75, 3.05) is 17.8 Å². The molecule has 1 aliphatic heterocycles. The number of amides is 1. The smallest absolute Gasteiger partial charge is 0.264 e. The van der Waals surface area contributed by atoms with Crippen LogP contribution in [0.15, 0.2) is 90.0 Å². The first-order chi connectivity index (χ1) is 16.4. The summed E-state index contributed by atoms with van der Waals surface area (Å²) < 4.78 is 34.2. The van der Waals surface area contributed by atoms with Crippen LogP contribution in [0.5, 0.6) is 11.5 Å². The Hall–Kier alpha value is -4.11. The maximum absolute atomic E-state index is 13.0. The van der Waals surface area contributed by atoms with Crippen LogP contribution in [0.1, 0.15) is 10.4 Å². The number of aromatic nitrogens is 1. The van der Waals surface area contributed by atoms with Crippen molar-refractivity contribution >= 4 is 32.5 Å². The second-order valence-corrected chi connectivity index (χ2v) is 9.58. The first-order valence-electron chi connectivity index (χ1n) is 10.6. The number of hydrogen-bond donors (Lipinski definition) is 2. The van der Waals surface area contributed by atoms with Crippen LogP contribution in [0.4, 0.5) is 5.69 Å². The average Bonchev–Trinajstić information content (AvgIpc) is 2.81. The van der Waals surface area contributed by atoms with E-state index in [1.165, 1.54) is 6.07 Å². The highest BCUT2D eigenvalue weighted by molar-refractivity contribution is 7.93. The van der Waals surface area contributed by atoms with E-state index in [-0.39, 0.29) is 22.7 Å². The number of sulfonamides is 1. The number of hydrogen-bond acceptors (Lipinski definition) is 6. The molecule has 0 spiro atoms. The van der Waals surface area contributed by atoms with Gasteiger partial charge in [0.2, 0.25) is 0 Å². The molecular formula is C25H21N3O5S. The Bertz CT molecular complexity index is 1460. The molecule has 1 fully saturated rings. The maximum atomic E-state index is 13.0. The lowest BCUT2D eigenvalue weighted by atomic mass is 10.1. The number of para-hydroxylation sites is 3. The zero-order valence-corrected chi connectivity index (χ0v) is 18.8. The summed E-state index contributed by atoms with van der Waals surface area (Å²) in [7, 11) is -3.87. The van der Waals surface area contributed by atoms with Crippen LogP contribution in [-0.4, -0.2) is 48.5 Å². The number of phenolic OH excluding ortho intramolecular Hbond substituents is 1. The van der Waals surface area contributed by atoms with Crippen molar-refractivity contribution in [3.63, 3.8) is 0 Å². The number of benzene rings is 3. The van der Waals surface area contributed by atoms with Crippen molar-refractivity contribution in [3.05, 3.63) is 90.6 Å². The Morgan fingerprint density at radius 3 is 2.47 bits per heavy atom. The Kier molecular flexibility index (Phi) is 5.54. The van der Waals surface area contributed by atoms with Gasteiger partial charge in [-0.2, -0.15) is 0 Å². The van der Waals surface area contributed by atoms with E-state index in [2.05, 4.69) is 9.71 Å². The Balaban J connectivity index is 1.23. The average molecular weight is 476 g/mol. The van der Waals surface area contributed by atoms with Crippen LogP contribution in [0, 0.1) is 0 Å². The van der Waals surface area contributed by atoms with E-state index in [0.717, 1.165) is 5.39 Å². The van der Waals surface area contributed by atoms with Gasteiger partial charge in [0.25, 0.3) is 15.9 Å². The fourth-order valence-electron chi connectivity index (χ4n) is 3.78. The summed E-state index contributed by atoms with van der Waals surface area (Å²) >= 11 is 0. The van der Waals surface area contributed by atoms with Crippen molar-refractivity contribution in [1.82, 2.24) is 9.88 Å². The van der Waals surface area contributed by atoms with Gasteiger partial charge < -0.3 is 14.7 Å². The van der Waals surface area contributed by atoms with Gasteiger partial charge in [-0.3, -0.25) is 14.5 Å². The zero-order valence-electron chi connectivity index (χ0n) is 18.0. The summed E-state index contributed by atoms with van der Waals surface area (Å²) in [5.74, 6) is 0.270. The number of phenols is 1. The van der Waals surface area contributed by atoms with Crippen LogP contribution in [0.3, 0.4) is 0 Å². The molecule has 2 heterocycles. The van der Waals surface area contributed by atoms with Gasteiger partial charge in [-0.15, -0.1) is 0 Å². The third-order valence-corrected chi connectivity index (χ3v) is 6.98. The molecule has 2 N–H and O–H groups in total. The molecule has 0 bridgehead atoms. The predicted molar refractivity (Wildman–Crippen MR) is 127 cm³/mol. The summed E-state index contributed by atoms with van der Waals surface area (Å²) in [5.41, 5.74) is 1.17. The Morgan fingerprint density at radius 2 is 1.71 bits per heavy atom. The maximum Gasteiger partial charge on any atom is 0.264 e. The number of aromatic hydroxyl groups is 1. The van der Waals surface area contributed by atoms with E-state index in [4.69, 9.17) is 4.74 Å². The quantitative estimate of drug-likeness (QED) is 0.441. The number of carbonyl (C=O) groups excluding carboxylic acids is 1. The van der Waals surface area contributed by atoms with E-state index in [1.807, 2.05) is 0 Å². The standard InChI is InChI=1S/C25H21N3O5S/c29-21-7-1-2-8-22(21)33-20-15-28(16-20)25(30)18-10-12-19(13-11-18)27-34(31,32)23-9-3-5-17-6-4-14-26-24(17)23/h1-14,20,27,29H,15-16H2. The number of anilines is 1. The number of nitrogens with one attached hydrogen (secondary N) is 1. The summed E-state index contributed by atoms with van der Waals surface area (Å²) in [6.45, 7) is 0.797. The topological polar surface area (TPSA) is 109 Å². The second-order valence-electron chi connectivity index (χ2n) is 7.93. The lowest BCUT2D eigenvalue weighted by Crippen LogP contribution is -2.56. The molecule has 0 radical (unpaired) electrons. The number of ether oxygens (including phenoxy) is 1. The fourth-order valence-corrected chi connectivity index (χ4v) is 5.02. The highest BCUT2D eigenvalue weighted by Crippen LogP contribution is 2.28. The molecular weight excluding hydrogens is 454 g/mol. The lowest BCUT2D eigenvalue weighted by molar-refractivity contribution is 0.0169. The third kappa shape index (κ3) is 4.25. The van der Waals surface area contributed by atoms with E-state index < -0.39 is 10.0 Å². The minimum Gasteiger partial charge on any atom is -0.504 e. The number of carbonyl (C=O) groups is 1. The molecule has 8 nitrogen and oxygen atoms in total. The van der Waals surface area contributed by atoms with Crippen LogP contribution < -0.4 is 9.46 Å². The van der Waals surface area contributed by atoms with Crippen molar-refractivity contribution < 1.29 is 23.1 Å². The van der Waals surface area contributed by atoms with Crippen LogP contribution >= 0.6 is 0 Å². The second kappa shape index (κ2) is 8.68. The third-order valence-electron chi connectivity index (χ3n) is 5.56. The normalized spacial score (nSPS) is 13.9. The van der Waals surface area contributed by atoms with Gasteiger partial charge in [-0.25, -0.2) is 8.42 Å². The molecule has 172 valence electrons. The van der Waals surface area contributed by atoms with E-state index in [1.54, 1.807) is 83.9 Å². The van der Waals surface area contributed by atoms with Crippen molar-refractivity contribution in [3.8, 4) is 11.5 Å². The van der Waals surface area contributed by atoms with Crippen LogP contribution in [0.2, 0.25) is 0 Å². The number of pyridine rings is 1. The molecule has 5 rings (SSSR count). The molecule has 9 heteroatoms. The van der Waals surface area contributed by atoms with Gasteiger partial charge in [0, 0.05) is 22.8 Å². The Labute approximate surface area is 196 Å². The molecule has 1 saturated heterocycles.